The summed E-state index contributed by atoms with van der Waals surface area (Å²) in [5, 5.41) is 5.46. The number of rotatable bonds is 6. The van der Waals surface area contributed by atoms with Gasteiger partial charge in [-0.2, -0.15) is 0 Å². The lowest BCUT2D eigenvalue weighted by atomic mass is 10.0. The van der Waals surface area contributed by atoms with Crippen LogP contribution in [0.3, 0.4) is 0 Å². The number of carbonyl (C=O) groups is 3. The quantitative estimate of drug-likeness (QED) is 0.372. The standard InChI is InChI=1S/C26H24N4O3S/c1-16-23(34-26(28-16)19-10-4-3-5-11-19)25(33)30-29-24(32)17(2)27-22(31)15-20-13-8-12-18-9-6-7-14-21(18)20/h3-14,17H,15H2,1-2H3,(H,27,31)(H,29,32)(H,30,33)/t17-/m0/s1. The molecule has 8 heteroatoms. The van der Waals surface area contributed by atoms with Crippen LogP contribution < -0.4 is 16.2 Å². The van der Waals surface area contributed by atoms with Crippen LogP contribution >= 0.6 is 11.3 Å². The van der Waals surface area contributed by atoms with Gasteiger partial charge in [-0.1, -0.05) is 72.8 Å². The Bertz CT molecular complexity index is 1350. The lowest BCUT2D eigenvalue weighted by molar-refractivity contribution is -0.128. The zero-order valence-corrected chi connectivity index (χ0v) is 19.6. The van der Waals surface area contributed by atoms with E-state index in [1.54, 1.807) is 13.8 Å². The summed E-state index contributed by atoms with van der Waals surface area (Å²) in [5.74, 6) is -1.26. The number of benzene rings is 3. The molecule has 0 radical (unpaired) electrons. The molecular formula is C26H24N4O3S. The maximum absolute atomic E-state index is 12.6. The Balaban J connectivity index is 1.32. The number of aromatic nitrogens is 1. The number of thiazole rings is 1. The van der Waals surface area contributed by atoms with Gasteiger partial charge < -0.3 is 5.32 Å². The second-order valence-electron chi connectivity index (χ2n) is 7.85. The minimum Gasteiger partial charge on any atom is -0.344 e. The molecule has 0 aliphatic carbocycles. The Morgan fingerprint density at radius 1 is 0.912 bits per heavy atom. The highest BCUT2D eigenvalue weighted by molar-refractivity contribution is 7.17. The molecule has 0 fully saturated rings. The second-order valence-corrected chi connectivity index (χ2v) is 8.85. The molecule has 1 aromatic heterocycles. The van der Waals surface area contributed by atoms with E-state index in [4.69, 9.17) is 0 Å². The van der Waals surface area contributed by atoms with Crippen LogP contribution in [0.1, 0.15) is 27.9 Å². The normalized spacial score (nSPS) is 11.6. The number of carbonyl (C=O) groups excluding carboxylic acids is 3. The van der Waals surface area contributed by atoms with Gasteiger partial charge in [-0.25, -0.2) is 4.98 Å². The number of aryl methyl sites for hydroxylation is 1. The molecule has 172 valence electrons. The molecule has 1 atom stereocenters. The Hall–Kier alpha value is -4.04. The highest BCUT2D eigenvalue weighted by Gasteiger charge is 2.20. The topological polar surface area (TPSA) is 100 Å². The zero-order valence-electron chi connectivity index (χ0n) is 18.8. The van der Waals surface area contributed by atoms with Crippen LogP contribution in [0.15, 0.2) is 72.8 Å². The molecule has 0 saturated carbocycles. The molecule has 0 spiro atoms. The van der Waals surface area contributed by atoms with Crippen LogP contribution in [-0.4, -0.2) is 28.7 Å². The molecular weight excluding hydrogens is 448 g/mol. The predicted octanol–water partition coefficient (Wildman–Crippen LogP) is 3.78. The van der Waals surface area contributed by atoms with E-state index in [0.29, 0.717) is 10.6 Å². The van der Waals surface area contributed by atoms with Gasteiger partial charge >= 0.3 is 0 Å². The summed E-state index contributed by atoms with van der Waals surface area (Å²) in [7, 11) is 0. The van der Waals surface area contributed by atoms with E-state index >= 15 is 0 Å². The number of amides is 3. The minimum atomic E-state index is -0.829. The van der Waals surface area contributed by atoms with E-state index in [2.05, 4.69) is 21.2 Å². The number of nitrogens with one attached hydrogen (secondary N) is 3. The van der Waals surface area contributed by atoms with Crippen molar-refractivity contribution in [1.82, 2.24) is 21.2 Å². The fourth-order valence-electron chi connectivity index (χ4n) is 3.57. The van der Waals surface area contributed by atoms with Crippen molar-refractivity contribution in [1.29, 1.82) is 0 Å². The predicted molar refractivity (Wildman–Crippen MR) is 133 cm³/mol. The van der Waals surface area contributed by atoms with Gasteiger partial charge in [-0.05, 0) is 30.2 Å². The number of hydrogen-bond acceptors (Lipinski definition) is 5. The van der Waals surface area contributed by atoms with E-state index in [9.17, 15) is 14.4 Å². The summed E-state index contributed by atoms with van der Waals surface area (Å²) in [5.41, 5.74) is 7.17. The zero-order chi connectivity index (χ0) is 24.1. The molecule has 0 aliphatic rings. The van der Waals surface area contributed by atoms with Gasteiger partial charge in [0.15, 0.2) is 0 Å². The van der Waals surface area contributed by atoms with E-state index in [1.165, 1.54) is 11.3 Å². The molecule has 7 nitrogen and oxygen atoms in total. The molecule has 0 bridgehead atoms. The Labute approximate surface area is 201 Å². The average Bonchev–Trinajstić information content (AvgIpc) is 3.24. The molecule has 3 amide bonds. The second kappa shape index (κ2) is 10.3. The highest BCUT2D eigenvalue weighted by Crippen LogP contribution is 2.27. The van der Waals surface area contributed by atoms with Gasteiger partial charge in [0.1, 0.15) is 15.9 Å². The van der Waals surface area contributed by atoms with Crippen molar-refractivity contribution in [2.24, 2.45) is 0 Å². The third-order valence-corrected chi connectivity index (χ3v) is 6.53. The van der Waals surface area contributed by atoms with Gasteiger partial charge in [0.05, 0.1) is 12.1 Å². The first-order valence-corrected chi connectivity index (χ1v) is 11.6. The van der Waals surface area contributed by atoms with E-state index < -0.39 is 17.9 Å². The number of hydrazine groups is 1. The van der Waals surface area contributed by atoms with Crippen molar-refractivity contribution < 1.29 is 14.4 Å². The van der Waals surface area contributed by atoms with Crippen molar-refractivity contribution in [2.45, 2.75) is 26.3 Å². The molecule has 3 N–H and O–H groups in total. The SMILES string of the molecule is Cc1nc(-c2ccccc2)sc1C(=O)NNC(=O)[C@H](C)NC(=O)Cc1cccc2ccccc12. The fraction of sp³-hybridized carbons (Fsp3) is 0.154. The number of hydrogen-bond donors (Lipinski definition) is 3. The van der Waals surface area contributed by atoms with Crippen LogP contribution in [0, 0.1) is 6.92 Å². The largest absolute Gasteiger partial charge is 0.344 e. The fourth-order valence-corrected chi connectivity index (χ4v) is 4.54. The summed E-state index contributed by atoms with van der Waals surface area (Å²) in [6.45, 7) is 3.31. The van der Waals surface area contributed by atoms with Crippen LogP contribution in [0.2, 0.25) is 0 Å². The van der Waals surface area contributed by atoms with E-state index in [0.717, 1.165) is 26.9 Å². The van der Waals surface area contributed by atoms with Crippen LogP contribution in [0.25, 0.3) is 21.3 Å². The van der Waals surface area contributed by atoms with E-state index in [-0.39, 0.29) is 12.3 Å². The van der Waals surface area contributed by atoms with Crippen LogP contribution in [-0.2, 0) is 16.0 Å². The van der Waals surface area contributed by atoms with Crippen LogP contribution in [0.4, 0.5) is 0 Å². The van der Waals surface area contributed by atoms with Crippen molar-refractivity contribution in [3.8, 4) is 10.6 Å². The molecule has 1 heterocycles. The molecule has 0 aliphatic heterocycles. The number of fused-ring (bicyclic) bond motifs is 1. The molecule has 0 unspecified atom stereocenters. The smallest absolute Gasteiger partial charge is 0.281 e. The lowest BCUT2D eigenvalue weighted by Gasteiger charge is -2.15. The number of nitrogens with zero attached hydrogens (tertiary/aromatic N) is 1. The van der Waals surface area contributed by atoms with Gasteiger partial charge in [0.25, 0.3) is 11.8 Å². The van der Waals surface area contributed by atoms with Crippen molar-refractivity contribution in [2.75, 3.05) is 0 Å². The first-order valence-electron chi connectivity index (χ1n) is 10.8. The first kappa shape index (κ1) is 23.1. The maximum Gasteiger partial charge on any atom is 0.281 e. The van der Waals surface area contributed by atoms with E-state index in [1.807, 2.05) is 72.8 Å². The van der Waals surface area contributed by atoms with Crippen molar-refractivity contribution >= 4 is 39.8 Å². The van der Waals surface area contributed by atoms with Crippen molar-refractivity contribution in [3.63, 3.8) is 0 Å². The Morgan fingerprint density at radius 3 is 2.41 bits per heavy atom. The summed E-state index contributed by atoms with van der Waals surface area (Å²) in [6.07, 6.45) is 0.146. The molecule has 3 aromatic carbocycles. The molecule has 4 rings (SSSR count). The summed E-state index contributed by atoms with van der Waals surface area (Å²) >= 11 is 1.25. The van der Waals surface area contributed by atoms with Gasteiger partial charge in [-0.15, -0.1) is 11.3 Å². The molecule has 4 aromatic rings. The lowest BCUT2D eigenvalue weighted by Crippen LogP contribution is -2.51. The summed E-state index contributed by atoms with van der Waals surface area (Å²) < 4.78 is 0. The third-order valence-electron chi connectivity index (χ3n) is 5.32. The summed E-state index contributed by atoms with van der Waals surface area (Å²) in [4.78, 5) is 42.4. The van der Waals surface area contributed by atoms with Crippen LogP contribution in [0.5, 0.6) is 0 Å². The van der Waals surface area contributed by atoms with Crippen molar-refractivity contribution in [3.05, 3.63) is 88.9 Å². The Kier molecular flexibility index (Phi) is 6.98. The van der Waals surface area contributed by atoms with Gasteiger partial charge in [0.2, 0.25) is 5.91 Å². The van der Waals surface area contributed by atoms with Gasteiger partial charge in [0, 0.05) is 5.56 Å². The minimum absolute atomic E-state index is 0.146. The van der Waals surface area contributed by atoms with Gasteiger partial charge in [-0.3, -0.25) is 25.2 Å². The highest BCUT2D eigenvalue weighted by atomic mass is 32.1. The first-order chi connectivity index (χ1) is 16.4. The average molecular weight is 473 g/mol. The Morgan fingerprint density at radius 2 is 1.62 bits per heavy atom. The summed E-state index contributed by atoms with van der Waals surface area (Å²) in [6, 6.07) is 22.4. The molecule has 0 saturated heterocycles. The monoisotopic (exact) mass is 472 g/mol. The molecule has 34 heavy (non-hydrogen) atoms. The maximum atomic E-state index is 12.6. The third kappa shape index (κ3) is 5.29.